The average molecular weight is 291 g/mol. The van der Waals surface area contributed by atoms with Crippen molar-refractivity contribution in [2.24, 2.45) is 0 Å². The minimum atomic E-state index is -0.847. The second kappa shape index (κ2) is 6.40. The maximum absolute atomic E-state index is 12.9. The van der Waals surface area contributed by atoms with Gasteiger partial charge in [-0.3, -0.25) is 4.21 Å². The molecule has 0 saturated heterocycles. The molecular formula is C17H25NOS. The molecule has 0 aliphatic heterocycles. The van der Waals surface area contributed by atoms with Gasteiger partial charge in [0.1, 0.15) is 0 Å². The normalized spacial score (nSPS) is 26.6. The highest BCUT2D eigenvalue weighted by Crippen LogP contribution is 2.30. The molecule has 110 valence electrons. The second-order valence-electron chi connectivity index (χ2n) is 6.11. The first-order chi connectivity index (χ1) is 9.79. The molecule has 1 N–H and O–H groups in total. The second-order valence-corrected chi connectivity index (χ2v) is 7.78. The first kappa shape index (κ1) is 14.3. The number of rotatable bonds is 5. The van der Waals surface area contributed by atoms with Gasteiger partial charge in [0, 0.05) is 10.9 Å². The standard InChI is InChI=1S/C17H25NOS/c1-2-11-18-16-7-4-8-17(16)20(19)15-10-9-13-5-3-6-14(13)12-15/h9-10,12,16-18H,2-8,11H2,1H3. The van der Waals surface area contributed by atoms with Gasteiger partial charge in [-0.1, -0.05) is 19.4 Å². The SMILES string of the molecule is CCCNC1CCCC1S(=O)c1ccc2c(c1)CCC2. The lowest BCUT2D eigenvalue weighted by molar-refractivity contribution is 0.523. The maximum atomic E-state index is 12.9. The van der Waals surface area contributed by atoms with Gasteiger partial charge in [0.05, 0.1) is 16.0 Å². The molecule has 1 fully saturated rings. The zero-order chi connectivity index (χ0) is 13.9. The summed E-state index contributed by atoms with van der Waals surface area (Å²) in [6.07, 6.45) is 8.27. The van der Waals surface area contributed by atoms with Gasteiger partial charge in [-0.05, 0) is 68.3 Å². The Labute approximate surface area is 124 Å². The Bertz CT molecular complexity index is 500. The molecule has 0 bridgehead atoms. The summed E-state index contributed by atoms with van der Waals surface area (Å²) in [6.45, 7) is 3.23. The van der Waals surface area contributed by atoms with Crippen molar-refractivity contribution in [1.29, 1.82) is 0 Å². The predicted molar refractivity (Wildman–Crippen MR) is 84.6 cm³/mol. The van der Waals surface area contributed by atoms with Crippen LogP contribution in [0.1, 0.15) is 50.2 Å². The van der Waals surface area contributed by atoms with Crippen LogP contribution in [0.5, 0.6) is 0 Å². The number of hydrogen-bond acceptors (Lipinski definition) is 2. The molecule has 0 aromatic heterocycles. The third-order valence-corrected chi connectivity index (χ3v) is 6.52. The molecule has 20 heavy (non-hydrogen) atoms. The number of hydrogen-bond donors (Lipinski definition) is 1. The van der Waals surface area contributed by atoms with Crippen LogP contribution < -0.4 is 5.32 Å². The van der Waals surface area contributed by atoms with E-state index in [0.717, 1.165) is 24.3 Å². The molecule has 0 heterocycles. The van der Waals surface area contributed by atoms with E-state index in [1.807, 2.05) is 0 Å². The summed E-state index contributed by atoms with van der Waals surface area (Å²) < 4.78 is 12.9. The van der Waals surface area contributed by atoms with E-state index in [4.69, 9.17) is 0 Å². The quantitative estimate of drug-likeness (QED) is 0.902. The summed E-state index contributed by atoms with van der Waals surface area (Å²) in [6, 6.07) is 6.98. The minimum absolute atomic E-state index is 0.306. The van der Waals surface area contributed by atoms with Gasteiger partial charge < -0.3 is 5.32 Å². The first-order valence-electron chi connectivity index (χ1n) is 8.05. The minimum Gasteiger partial charge on any atom is -0.313 e. The fourth-order valence-corrected chi connectivity index (χ4v) is 5.32. The molecule has 0 radical (unpaired) electrons. The van der Waals surface area contributed by atoms with Gasteiger partial charge in [0.25, 0.3) is 0 Å². The number of nitrogens with one attached hydrogen (secondary N) is 1. The fourth-order valence-electron chi connectivity index (χ4n) is 3.59. The van der Waals surface area contributed by atoms with E-state index in [9.17, 15) is 4.21 Å². The van der Waals surface area contributed by atoms with Gasteiger partial charge >= 0.3 is 0 Å². The Morgan fingerprint density at radius 3 is 2.90 bits per heavy atom. The lowest BCUT2D eigenvalue weighted by atomic mass is 10.1. The third-order valence-electron chi connectivity index (χ3n) is 4.69. The number of benzene rings is 1. The van der Waals surface area contributed by atoms with Crippen molar-refractivity contribution >= 4 is 10.8 Å². The van der Waals surface area contributed by atoms with Crippen molar-refractivity contribution in [3.8, 4) is 0 Å². The average Bonchev–Trinajstić information content (AvgIpc) is 3.12. The smallest absolute Gasteiger partial charge is 0.0576 e. The Kier molecular flexibility index (Phi) is 4.57. The van der Waals surface area contributed by atoms with E-state index in [2.05, 4.69) is 30.4 Å². The van der Waals surface area contributed by atoms with E-state index in [1.165, 1.54) is 43.2 Å². The summed E-state index contributed by atoms with van der Waals surface area (Å²) in [5, 5.41) is 3.90. The lowest BCUT2D eigenvalue weighted by Gasteiger charge is -2.20. The van der Waals surface area contributed by atoms with E-state index < -0.39 is 10.8 Å². The maximum Gasteiger partial charge on any atom is 0.0576 e. The van der Waals surface area contributed by atoms with Crippen LogP contribution in [0.4, 0.5) is 0 Å². The topological polar surface area (TPSA) is 29.1 Å². The summed E-state index contributed by atoms with van der Waals surface area (Å²) in [5.74, 6) is 0. The van der Waals surface area contributed by atoms with Crippen LogP contribution in [0.3, 0.4) is 0 Å². The van der Waals surface area contributed by atoms with E-state index >= 15 is 0 Å². The van der Waals surface area contributed by atoms with Gasteiger partial charge in [0.15, 0.2) is 0 Å². The van der Waals surface area contributed by atoms with Crippen LogP contribution in [0.15, 0.2) is 23.1 Å². The Balaban J connectivity index is 1.74. The lowest BCUT2D eigenvalue weighted by Crippen LogP contribution is -2.38. The zero-order valence-electron chi connectivity index (χ0n) is 12.4. The van der Waals surface area contributed by atoms with Crippen LogP contribution in [0.2, 0.25) is 0 Å². The summed E-state index contributed by atoms with van der Waals surface area (Å²) in [4.78, 5) is 1.06. The molecule has 3 heteroatoms. The van der Waals surface area contributed by atoms with E-state index in [1.54, 1.807) is 0 Å². The van der Waals surface area contributed by atoms with Gasteiger partial charge in [0.2, 0.25) is 0 Å². The highest BCUT2D eigenvalue weighted by Gasteiger charge is 2.32. The number of fused-ring (bicyclic) bond motifs is 1. The molecule has 1 saturated carbocycles. The Morgan fingerprint density at radius 2 is 2.05 bits per heavy atom. The molecule has 1 aromatic carbocycles. The summed E-state index contributed by atoms with van der Waals surface area (Å²) in [5.41, 5.74) is 2.91. The van der Waals surface area contributed by atoms with Crippen molar-refractivity contribution in [3.63, 3.8) is 0 Å². The van der Waals surface area contributed by atoms with Gasteiger partial charge in [-0.2, -0.15) is 0 Å². The zero-order valence-corrected chi connectivity index (χ0v) is 13.2. The largest absolute Gasteiger partial charge is 0.313 e. The molecule has 3 atom stereocenters. The monoisotopic (exact) mass is 291 g/mol. The molecule has 2 aliphatic carbocycles. The van der Waals surface area contributed by atoms with E-state index in [0.29, 0.717) is 11.3 Å². The molecule has 0 amide bonds. The predicted octanol–water partition coefficient (Wildman–Crippen LogP) is 3.20. The molecule has 3 unspecified atom stereocenters. The summed E-state index contributed by atoms with van der Waals surface area (Å²) in [7, 11) is -0.847. The third kappa shape index (κ3) is 2.84. The van der Waals surface area contributed by atoms with Crippen LogP contribution in [-0.2, 0) is 23.6 Å². The van der Waals surface area contributed by atoms with Crippen LogP contribution in [0.25, 0.3) is 0 Å². The molecule has 0 spiro atoms. The van der Waals surface area contributed by atoms with Crippen LogP contribution >= 0.6 is 0 Å². The summed E-state index contributed by atoms with van der Waals surface area (Å²) >= 11 is 0. The number of aryl methyl sites for hydroxylation is 2. The molecule has 2 aliphatic rings. The van der Waals surface area contributed by atoms with Crippen molar-refractivity contribution in [3.05, 3.63) is 29.3 Å². The van der Waals surface area contributed by atoms with Crippen molar-refractivity contribution in [2.75, 3.05) is 6.54 Å². The Morgan fingerprint density at radius 1 is 1.20 bits per heavy atom. The fraction of sp³-hybridized carbons (Fsp3) is 0.647. The molecule has 2 nitrogen and oxygen atoms in total. The van der Waals surface area contributed by atoms with Crippen molar-refractivity contribution in [1.82, 2.24) is 5.32 Å². The van der Waals surface area contributed by atoms with E-state index in [-0.39, 0.29) is 0 Å². The van der Waals surface area contributed by atoms with Gasteiger partial charge in [-0.15, -0.1) is 0 Å². The van der Waals surface area contributed by atoms with Crippen molar-refractivity contribution in [2.45, 2.75) is 68.1 Å². The Hall–Kier alpha value is -0.670. The van der Waals surface area contributed by atoms with Crippen LogP contribution in [-0.4, -0.2) is 22.0 Å². The first-order valence-corrected chi connectivity index (χ1v) is 9.26. The molecular weight excluding hydrogens is 266 g/mol. The molecule has 1 aromatic rings. The highest BCUT2D eigenvalue weighted by molar-refractivity contribution is 7.85. The highest BCUT2D eigenvalue weighted by atomic mass is 32.2. The molecule has 3 rings (SSSR count). The van der Waals surface area contributed by atoms with Crippen molar-refractivity contribution < 1.29 is 4.21 Å². The van der Waals surface area contributed by atoms with Crippen LogP contribution in [0, 0.1) is 0 Å². The van der Waals surface area contributed by atoms with Gasteiger partial charge in [-0.25, -0.2) is 0 Å².